The van der Waals surface area contributed by atoms with Crippen molar-refractivity contribution in [3.05, 3.63) is 18.1 Å². The lowest BCUT2D eigenvalue weighted by molar-refractivity contribution is -0.130. The van der Waals surface area contributed by atoms with Crippen molar-refractivity contribution in [2.24, 2.45) is 0 Å². The topological polar surface area (TPSA) is 89.9 Å². The largest absolute Gasteiger partial charge is 0.476 e. The molecule has 3 heterocycles. The highest BCUT2D eigenvalue weighted by Gasteiger charge is 2.42. The summed E-state index contributed by atoms with van der Waals surface area (Å²) in [5.74, 6) is -0.260. The van der Waals surface area contributed by atoms with Crippen LogP contribution in [0.4, 0.5) is 5.82 Å². The van der Waals surface area contributed by atoms with Crippen LogP contribution in [0.3, 0.4) is 0 Å². The molecule has 8 nitrogen and oxygen atoms in total. The van der Waals surface area contributed by atoms with Gasteiger partial charge in [-0.1, -0.05) is 0 Å². The molecule has 0 radical (unpaired) electrons. The Bertz CT molecular complexity index is 667. The molecule has 3 rings (SSSR count). The lowest BCUT2D eigenvalue weighted by atomic mass is 9.86. The van der Waals surface area contributed by atoms with Crippen LogP contribution in [0.25, 0.3) is 0 Å². The fraction of sp³-hybridized carbons (Fsp3) is 0.647. The Kier molecular flexibility index (Phi) is 4.89. The molecule has 0 aliphatic carbocycles. The Labute approximate surface area is 147 Å². The smallest absolute Gasteiger partial charge is 0.356 e. The number of carboxylic acid groups (broad SMARTS) is 1. The van der Waals surface area contributed by atoms with Crippen molar-refractivity contribution >= 4 is 17.7 Å². The molecule has 1 aromatic rings. The number of anilines is 1. The molecule has 2 aliphatic heterocycles. The molecule has 1 aromatic heterocycles. The van der Waals surface area contributed by atoms with Crippen LogP contribution in [0.1, 0.15) is 36.7 Å². The van der Waals surface area contributed by atoms with Crippen LogP contribution in [0, 0.1) is 0 Å². The van der Waals surface area contributed by atoms with Crippen LogP contribution in [0.2, 0.25) is 0 Å². The summed E-state index contributed by atoms with van der Waals surface area (Å²) in [7, 11) is 2.11. The zero-order valence-corrected chi connectivity index (χ0v) is 14.8. The second kappa shape index (κ2) is 6.95. The van der Waals surface area contributed by atoms with E-state index >= 15 is 0 Å². The molecule has 2 aliphatic rings. The van der Waals surface area contributed by atoms with Gasteiger partial charge in [-0.15, -0.1) is 0 Å². The third-order valence-electron chi connectivity index (χ3n) is 5.55. The molecule has 1 unspecified atom stereocenters. The van der Waals surface area contributed by atoms with E-state index in [9.17, 15) is 9.59 Å². The van der Waals surface area contributed by atoms with Gasteiger partial charge in [0.25, 0.3) is 0 Å². The van der Waals surface area contributed by atoms with Crippen molar-refractivity contribution in [3.63, 3.8) is 0 Å². The number of carboxylic acids is 1. The first-order valence-electron chi connectivity index (χ1n) is 8.74. The number of carbonyl (C=O) groups is 2. The number of likely N-dealkylation sites (tertiary alicyclic amines) is 1. The lowest BCUT2D eigenvalue weighted by Crippen LogP contribution is -2.61. The first kappa shape index (κ1) is 17.6. The van der Waals surface area contributed by atoms with E-state index in [4.69, 9.17) is 5.11 Å². The summed E-state index contributed by atoms with van der Waals surface area (Å²) in [6.07, 6.45) is 5.15. The Morgan fingerprint density at radius 3 is 2.80 bits per heavy atom. The SMILES string of the molecule is CCN1CCC2(CCC1=O)CN(c1cncc(C(=O)O)n1)CCN2C. The highest BCUT2D eigenvalue weighted by atomic mass is 16.4. The van der Waals surface area contributed by atoms with Gasteiger partial charge in [-0.25, -0.2) is 9.78 Å². The summed E-state index contributed by atoms with van der Waals surface area (Å²) in [5.41, 5.74) is -0.141. The van der Waals surface area contributed by atoms with E-state index in [-0.39, 0.29) is 17.1 Å². The van der Waals surface area contributed by atoms with Gasteiger partial charge in [-0.2, -0.15) is 0 Å². The monoisotopic (exact) mass is 347 g/mol. The normalized spacial score (nSPS) is 25.3. The fourth-order valence-electron chi connectivity index (χ4n) is 3.83. The molecule has 2 saturated heterocycles. The Balaban J connectivity index is 1.83. The van der Waals surface area contributed by atoms with Gasteiger partial charge < -0.3 is 14.9 Å². The van der Waals surface area contributed by atoms with Crippen LogP contribution in [0.5, 0.6) is 0 Å². The summed E-state index contributed by atoms with van der Waals surface area (Å²) in [6.45, 7) is 5.86. The second-order valence-electron chi connectivity index (χ2n) is 6.86. The number of amides is 1. The van der Waals surface area contributed by atoms with Crippen molar-refractivity contribution in [1.82, 2.24) is 19.8 Å². The number of nitrogens with zero attached hydrogens (tertiary/aromatic N) is 5. The molecule has 0 aromatic carbocycles. The quantitative estimate of drug-likeness (QED) is 0.861. The summed E-state index contributed by atoms with van der Waals surface area (Å²) >= 11 is 0. The minimum atomic E-state index is -1.07. The molecular weight excluding hydrogens is 322 g/mol. The summed E-state index contributed by atoms with van der Waals surface area (Å²) in [4.78, 5) is 38.1. The zero-order valence-electron chi connectivity index (χ0n) is 14.8. The average Bonchev–Trinajstić information content (AvgIpc) is 2.77. The van der Waals surface area contributed by atoms with Crippen LogP contribution >= 0.6 is 0 Å². The molecule has 1 atom stereocenters. The summed E-state index contributed by atoms with van der Waals surface area (Å²) < 4.78 is 0. The second-order valence-corrected chi connectivity index (χ2v) is 6.86. The van der Waals surface area contributed by atoms with Gasteiger partial charge in [0.2, 0.25) is 5.91 Å². The fourth-order valence-corrected chi connectivity index (χ4v) is 3.83. The number of piperazine rings is 1. The van der Waals surface area contributed by atoms with Crippen molar-refractivity contribution in [1.29, 1.82) is 0 Å². The molecule has 0 saturated carbocycles. The van der Waals surface area contributed by atoms with E-state index in [1.807, 2.05) is 11.8 Å². The molecule has 2 fully saturated rings. The van der Waals surface area contributed by atoms with Gasteiger partial charge in [0, 0.05) is 44.7 Å². The van der Waals surface area contributed by atoms with Gasteiger partial charge >= 0.3 is 5.97 Å². The third-order valence-corrected chi connectivity index (χ3v) is 5.55. The molecule has 1 amide bonds. The van der Waals surface area contributed by atoms with Crippen molar-refractivity contribution < 1.29 is 14.7 Å². The first-order chi connectivity index (χ1) is 11.9. The molecule has 1 spiro atoms. The number of hydrogen-bond donors (Lipinski definition) is 1. The maximum atomic E-state index is 12.3. The zero-order chi connectivity index (χ0) is 18.0. The number of carbonyl (C=O) groups excluding carboxylic acids is 1. The molecule has 136 valence electrons. The van der Waals surface area contributed by atoms with Gasteiger partial charge in [-0.05, 0) is 26.8 Å². The average molecular weight is 347 g/mol. The van der Waals surface area contributed by atoms with E-state index < -0.39 is 5.97 Å². The minimum Gasteiger partial charge on any atom is -0.476 e. The van der Waals surface area contributed by atoms with Crippen LogP contribution < -0.4 is 4.90 Å². The highest BCUT2D eigenvalue weighted by molar-refractivity contribution is 5.85. The number of rotatable bonds is 3. The summed E-state index contributed by atoms with van der Waals surface area (Å²) in [5, 5.41) is 9.14. The number of aromatic carboxylic acids is 1. The number of hydrogen-bond acceptors (Lipinski definition) is 6. The predicted octanol–water partition coefficient (Wildman–Crippen LogP) is 0.698. The van der Waals surface area contributed by atoms with Gasteiger partial charge in [0.15, 0.2) is 5.69 Å². The highest BCUT2D eigenvalue weighted by Crippen LogP contribution is 2.33. The van der Waals surface area contributed by atoms with E-state index in [0.717, 1.165) is 45.6 Å². The van der Waals surface area contributed by atoms with E-state index in [1.54, 1.807) is 6.20 Å². The van der Waals surface area contributed by atoms with Gasteiger partial charge in [-0.3, -0.25) is 14.7 Å². The summed E-state index contributed by atoms with van der Waals surface area (Å²) in [6, 6.07) is 0. The van der Waals surface area contributed by atoms with Crippen molar-refractivity contribution in [2.75, 3.05) is 44.7 Å². The lowest BCUT2D eigenvalue weighted by Gasteiger charge is -2.49. The standard InChI is InChI=1S/C17H25N5O3/c1-3-21-7-6-17(5-4-15(21)23)12-22(9-8-20(17)2)14-11-18-10-13(19-14)16(24)25/h10-11H,3-9,12H2,1-2H3,(H,24,25). The van der Waals surface area contributed by atoms with Gasteiger partial charge in [0.1, 0.15) is 5.82 Å². The third kappa shape index (κ3) is 3.44. The van der Waals surface area contributed by atoms with E-state index in [1.165, 1.54) is 6.20 Å². The molecule has 0 bridgehead atoms. The van der Waals surface area contributed by atoms with E-state index in [0.29, 0.717) is 12.2 Å². The van der Waals surface area contributed by atoms with Crippen molar-refractivity contribution in [3.8, 4) is 0 Å². The Morgan fingerprint density at radius 2 is 2.08 bits per heavy atom. The maximum absolute atomic E-state index is 12.3. The van der Waals surface area contributed by atoms with Crippen LogP contribution in [-0.2, 0) is 4.79 Å². The Hall–Kier alpha value is -2.22. The maximum Gasteiger partial charge on any atom is 0.356 e. The van der Waals surface area contributed by atoms with E-state index in [2.05, 4.69) is 26.8 Å². The molecule has 8 heteroatoms. The predicted molar refractivity (Wildman–Crippen MR) is 92.7 cm³/mol. The van der Waals surface area contributed by atoms with Crippen LogP contribution in [-0.4, -0.2) is 82.1 Å². The molecule has 1 N–H and O–H groups in total. The van der Waals surface area contributed by atoms with Gasteiger partial charge in [0.05, 0.1) is 12.4 Å². The molecular formula is C17H25N5O3. The minimum absolute atomic E-state index is 0.0429. The number of likely N-dealkylation sites (N-methyl/N-ethyl adjacent to an activating group) is 1. The Morgan fingerprint density at radius 1 is 1.28 bits per heavy atom. The number of aromatic nitrogens is 2. The van der Waals surface area contributed by atoms with Crippen molar-refractivity contribution in [2.45, 2.75) is 31.7 Å². The van der Waals surface area contributed by atoms with Crippen LogP contribution in [0.15, 0.2) is 12.4 Å². The molecule has 25 heavy (non-hydrogen) atoms. The first-order valence-corrected chi connectivity index (χ1v) is 8.74.